The van der Waals surface area contributed by atoms with Crippen molar-refractivity contribution in [3.8, 4) is 17.0 Å². The molecule has 6 heteroatoms. The Morgan fingerprint density at radius 3 is 2.75 bits per heavy atom. The molecule has 1 atom stereocenters. The summed E-state index contributed by atoms with van der Waals surface area (Å²) in [7, 11) is 1.65. The lowest BCUT2D eigenvalue weighted by atomic mass is 9.99. The number of anilines is 1. The molecule has 0 spiro atoms. The summed E-state index contributed by atoms with van der Waals surface area (Å²) in [5.41, 5.74) is 8.79. The minimum absolute atomic E-state index is 0.0537. The quantitative estimate of drug-likeness (QED) is 0.678. The Morgan fingerprint density at radius 1 is 1.25 bits per heavy atom. The van der Waals surface area contributed by atoms with Crippen LogP contribution in [-0.2, 0) is 0 Å². The van der Waals surface area contributed by atoms with Gasteiger partial charge in [-0.2, -0.15) is 0 Å². The maximum Gasteiger partial charge on any atom is 0.266 e. The van der Waals surface area contributed by atoms with E-state index in [1.165, 1.54) is 17.8 Å². The number of piperidine rings is 1. The zero-order valence-corrected chi connectivity index (χ0v) is 17.1. The molecule has 0 radical (unpaired) electrons. The molecule has 2 N–H and O–H groups in total. The van der Waals surface area contributed by atoms with Gasteiger partial charge in [0.05, 0.1) is 18.5 Å². The summed E-state index contributed by atoms with van der Waals surface area (Å²) in [6, 6.07) is 12.0. The van der Waals surface area contributed by atoms with Crippen LogP contribution in [-0.4, -0.2) is 35.5 Å². The van der Waals surface area contributed by atoms with Crippen LogP contribution in [0, 0.1) is 0 Å². The molecule has 5 nitrogen and oxygen atoms in total. The molecule has 146 valence electrons. The molecule has 4 rings (SSSR count). The second-order valence-electron chi connectivity index (χ2n) is 7.18. The van der Waals surface area contributed by atoms with Crippen molar-refractivity contribution in [1.29, 1.82) is 0 Å². The summed E-state index contributed by atoms with van der Waals surface area (Å²) >= 11 is 1.40. The van der Waals surface area contributed by atoms with Crippen LogP contribution >= 0.6 is 11.3 Å². The topological polar surface area (TPSA) is 68.5 Å². The number of amides is 1. The Balaban J connectivity index is 1.68. The first kappa shape index (κ1) is 18.7. The number of likely N-dealkylation sites (tertiary alicyclic amines) is 1. The fourth-order valence-corrected chi connectivity index (χ4v) is 4.95. The van der Waals surface area contributed by atoms with Crippen molar-refractivity contribution in [3.05, 3.63) is 41.3 Å². The number of pyridine rings is 1. The van der Waals surface area contributed by atoms with Crippen LogP contribution in [0.4, 0.5) is 5.69 Å². The molecule has 1 saturated heterocycles. The van der Waals surface area contributed by atoms with Crippen molar-refractivity contribution in [2.24, 2.45) is 0 Å². The summed E-state index contributed by atoms with van der Waals surface area (Å²) in [5, 5.41) is 0.857. The molecule has 1 aromatic carbocycles. The SMILES string of the molecule is CCC1CCCCN1C(=O)c1sc2nc(-c3ccc(OC)cc3)ccc2c1N. The van der Waals surface area contributed by atoms with Crippen molar-refractivity contribution < 1.29 is 9.53 Å². The number of benzene rings is 1. The highest BCUT2D eigenvalue weighted by atomic mass is 32.1. The number of fused-ring (bicyclic) bond motifs is 1. The molecule has 1 unspecified atom stereocenters. The monoisotopic (exact) mass is 395 g/mol. The molecule has 0 aliphatic carbocycles. The number of hydrogen-bond acceptors (Lipinski definition) is 5. The number of thiophene rings is 1. The molecule has 0 bridgehead atoms. The van der Waals surface area contributed by atoms with Gasteiger partial charge in [0.2, 0.25) is 0 Å². The number of nitrogen functional groups attached to an aromatic ring is 1. The van der Waals surface area contributed by atoms with E-state index in [-0.39, 0.29) is 5.91 Å². The molecular formula is C22H25N3O2S. The molecule has 1 aliphatic heterocycles. The molecule has 1 aliphatic rings. The summed E-state index contributed by atoms with van der Waals surface area (Å²) in [5.74, 6) is 0.864. The lowest BCUT2D eigenvalue weighted by Gasteiger charge is -2.35. The maximum atomic E-state index is 13.2. The van der Waals surface area contributed by atoms with E-state index in [1.807, 2.05) is 41.3 Å². The van der Waals surface area contributed by atoms with E-state index < -0.39 is 0 Å². The second-order valence-corrected chi connectivity index (χ2v) is 8.18. The molecule has 2 aromatic heterocycles. The number of aromatic nitrogens is 1. The fourth-order valence-electron chi connectivity index (χ4n) is 3.90. The Bertz CT molecular complexity index is 997. The zero-order chi connectivity index (χ0) is 19.7. The van der Waals surface area contributed by atoms with Crippen LogP contribution in [0.2, 0.25) is 0 Å². The van der Waals surface area contributed by atoms with E-state index in [1.54, 1.807) is 7.11 Å². The lowest BCUT2D eigenvalue weighted by molar-refractivity contribution is 0.0614. The minimum atomic E-state index is 0.0537. The third-order valence-electron chi connectivity index (χ3n) is 5.53. The highest BCUT2D eigenvalue weighted by Crippen LogP contribution is 2.36. The molecule has 3 heterocycles. The van der Waals surface area contributed by atoms with Gasteiger partial charge >= 0.3 is 0 Å². The maximum absolute atomic E-state index is 13.2. The van der Waals surface area contributed by atoms with Crippen molar-refractivity contribution in [2.45, 2.75) is 38.6 Å². The minimum Gasteiger partial charge on any atom is -0.497 e. The normalized spacial score (nSPS) is 17.1. The van der Waals surface area contributed by atoms with Crippen molar-refractivity contribution in [1.82, 2.24) is 9.88 Å². The summed E-state index contributed by atoms with van der Waals surface area (Å²) < 4.78 is 5.22. The van der Waals surface area contributed by atoms with Gasteiger partial charge in [-0.25, -0.2) is 4.98 Å². The van der Waals surface area contributed by atoms with E-state index in [0.29, 0.717) is 16.6 Å². The molecule has 1 amide bonds. The van der Waals surface area contributed by atoms with Gasteiger partial charge in [-0.05, 0) is 62.1 Å². The van der Waals surface area contributed by atoms with E-state index in [2.05, 4.69) is 6.92 Å². The predicted molar refractivity (Wildman–Crippen MR) is 115 cm³/mol. The molecular weight excluding hydrogens is 370 g/mol. The number of methoxy groups -OCH3 is 1. The van der Waals surface area contributed by atoms with Gasteiger partial charge in [0, 0.05) is 23.5 Å². The number of carbonyl (C=O) groups excluding carboxylic acids is 1. The Morgan fingerprint density at radius 2 is 2.04 bits per heavy atom. The highest BCUT2D eigenvalue weighted by Gasteiger charge is 2.29. The van der Waals surface area contributed by atoms with Gasteiger partial charge in [0.15, 0.2) is 0 Å². The van der Waals surface area contributed by atoms with Gasteiger partial charge in [0.1, 0.15) is 15.5 Å². The van der Waals surface area contributed by atoms with E-state index in [9.17, 15) is 4.79 Å². The van der Waals surface area contributed by atoms with Crippen molar-refractivity contribution in [3.63, 3.8) is 0 Å². The van der Waals surface area contributed by atoms with Crippen LogP contribution in [0.25, 0.3) is 21.5 Å². The number of ether oxygens (including phenoxy) is 1. The van der Waals surface area contributed by atoms with Gasteiger partial charge in [-0.3, -0.25) is 4.79 Å². The van der Waals surface area contributed by atoms with Crippen LogP contribution < -0.4 is 10.5 Å². The number of nitrogens with zero attached hydrogens (tertiary/aromatic N) is 2. The van der Waals surface area contributed by atoms with E-state index in [0.717, 1.165) is 53.0 Å². The van der Waals surface area contributed by atoms with Crippen LogP contribution in [0.15, 0.2) is 36.4 Å². The third kappa shape index (κ3) is 3.33. The summed E-state index contributed by atoms with van der Waals surface area (Å²) in [4.78, 5) is 21.4. The second kappa shape index (κ2) is 7.80. The van der Waals surface area contributed by atoms with Crippen LogP contribution in [0.5, 0.6) is 5.75 Å². The first-order valence-electron chi connectivity index (χ1n) is 9.76. The third-order valence-corrected chi connectivity index (χ3v) is 6.64. The van der Waals surface area contributed by atoms with Crippen molar-refractivity contribution in [2.75, 3.05) is 19.4 Å². The Kier molecular flexibility index (Phi) is 5.22. The fraction of sp³-hybridized carbons (Fsp3) is 0.364. The van der Waals surface area contributed by atoms with Gasteiger partial charge in [-0.1, -0.05) is 6.92 Å². The Labute approximate surface area is 169 Å². The molecule has 3 aromatic rings. The van der Waals surface area contributed by atoms with Gasteiger partial charge in [0.25, 0.3) is 5.91 Å². The highest BCUT2D eigenvalue weighted by molar-refractivity contribution is 7.21. The Hall–Kier alpha value is -2.60. The summed E-state index contributed by atoms with van der Waals surface area (Å²) in [6.07, 6.45) is 4.31. The molecule has 28 heavy (non-hydrogen) atoms. The first-order chi connectivity index (χ1) is 13.6. The average Bonchev–Trinajstić information content (AvgIpc) is 3.09. The first-order valence-corrected chi connectivity index (χ1v) is 10.6. The number of carbonyl (C=O) groups is 1. The smallest absolute Gasteiger partial charge is 0.266 e. The van der Waals surface area contributed by atoms with Gasteiger partial charge < -0.3 is 15.4 Å². The molecule has 0 saturated carbocycles. The van der Waals surface area contributed by atoms with E-state index in [4.69, 9.17) is 15.5 Å². The van der Waals surface area contributed by atoms with Crippen LogP contribution in [0.1, 0.15) is 42.3 Å². The standard InChI is InChI=1S/C22H25N3O2S/c1-3-15-6-4-5-13-25(15)22(26)20-19(23)17-11-12-18(24-21(17)28-20)14-7-9-16(27-2)10-8-14/h7-12,15H,3-6,13,23H2,1-2H3. The number of nitrogens with two attached hydrogens (primary N) is 1. The number of hydrogen-bond donors (Lipinski definition) is 1. The van der Waals surface area contributed by atoms with Crippen molar-refractivity contribution >= 4 is 33.1 Å². The average molecular weight is 396 g/mol. The van der Waals surface area contributed by atoms with Gasteiger partial charge in [-0.15, -0.1) is 11.3 Å². The molecule has 1 fully saturated rings. The lowest BCUT2D eigenvalue weighted by Crippen LogP contribution is -2.43. The predicted octanol–water partition coefficient (Wildman–Crippen LogP) is 4.96. The zero-order valence-electron chi connectivity index (χ0n) is 16.3. The number of rotatable bonds is 4. The van der Waals surface area contributed by atoms with E-state index >= 15 is 0 Å². The summed E-state index contributed by atoms with van der Waals surface area (Å²) in [6.45, 7) is 2.96. The van der Waals surface area contributed by atoms with Crippen LogP contribution in [0.3, 0.4) is 0 Å². The largest absolute Gasteiger partial charge is 0.497 e.